The van der Waals surface area contributed by atoms with Crippen LogP contribution in [0.2, 0.25) is 0 Å². The maximum Gasteiger partial charge on any atom is 0.160 e. The van der Waals surface area contributed by atoms with Gasteiger partial charge in [0.25, 0.3) is 0 Å². The molecule has 3 aromatic heterocycles. The normalized spacial score (nSPS) is 11.3. The van der Waals surface area contributed by atoms with Crippen LogP contribution in [0.25, 0.3) is 123 Å². The highest BCUT2D eigenvalue weighted by molar-refractivity contribution is 6.17. The van der Waals surface area contributed by atoms with Gasteiger partial charge in [-0.05, 0) is 87.5 Å². The Balaban J connectivity index is 1.08. The van der Waals surface area contributed by atoms with Crippen molar-refractivity contribution in [2.24, 2.45) is 0 Å². The third-order valence-corrected chi connectivity index (χ3v) is 12.5. The van der Waals surface area contributed by atoms with E-state index < -0.39 is 0 Å². The summed E-state index contributed by atoms with van der Waals surface area (Å²) >= 11 is 0. The standard InChI is InChI=1S/C63H41N3O/c1-6-20-42(21-7-1)51-38-52(43-22-8-2-9-23-43)40-53(39-51)61-58(59-60(45-26-12-4-13-27-45)64-55-35-17-16-34-54(55)62(59)67-61)50-33-19-31-48(37-50)47-30-18-32-49(36-47)57-41-56(44-24-10-3-11-25-44)65-63(66-57)46-28-14-5-15-29-46/h1-41H. The average Bonchev–Trinajstić information content (AvgIpc) is 3.83. The van der Waals surface area contributed by atoms with Gasteiger partial charge < -0.3 is 4.42 Å². The van der Waals surface area contributed by atoms with Crippen LogP contribution in [0.5, 0.6) is 0 Å². The zero-order valence-electron chi connectivity index (χ0n) is 36.4. The van der Waals surface area contributed by atoms with Crippen molar-refractivity contribution < 1.29 is 4.42 Å². The molecule has 4 heteroatoms. The second kappa shape index (κ2) is 17.2. The molecule has 0 saturated heterocycles. The second-order valence-corrected chi connectivity index (χ2v) is 16.7. The van der Waals surface area contributed by atoms with Crippen LogP contribution in [0.3, 0.4) is 0 Å². The lowest BCUT2D eigenvalue weighted by atomic mass is 9.90. The van der Waals surface area contributed by atoms with Gasteiger partial charge in [0, 0.05) is 38.8 Å². The summed E-state index contributed by atoms with van der Waals surface area (Å²) in [4.78, 5) is 15.6. The van der Waals surface area contributed by atoms with Crippen molar-refractivity contribution in [3.8, 4) is 101 Å². The van der Waals surface area contributed by atoms with Crippen LogP contribution in [0, 0.1) is 0 Å². The molecular weight excluding hydrogens is 815 g/mol. The van der Waals surface area contributed by atoms with Gasteiger partial charge in [-0.1, -0.05) is 200 Å². The van der Waals surface area contributed by atoms with Gasteiger partial charge in [-0.15, -0.1) is 0 Å². The fourth-order valence-electron chi connectivity index (χ4n) is 9.20. The molecule has 0 spiro atoms. The van der Waals surface area contributed by atoms with Gasteiger partial charge in [0.15, 0.2) is 5.82 Å². The van der Waals surface area contributed by atoms with Crippen molar-refractivity contribution in [1.29, 1.82) is 0 Å². The largest absolute Gasteiger partial charge is 0.455 e. The maximum absolute atomic E-state index is 7.36. The first kappa shape index (κ1) is 39.6. The van der Waals surface area contributed by atoms with E-state index in [4.69, 9.17) is 19.4 Å². The molecule has 0 unspecified atom stereocenters. The van der Waals surface area contributed by atoms with Crippen LogP contribution in [-0.2, 0) is 0 Å². The van der Waals surface area contributed by atoms with Crippen molar-refractivity contribution in [2.45, 2.75) is 0 Å². The number of pyridine rings is 1. The van der Waals surface area contributed by atoms with Crippen molar-refractivity contribution in [1.82, 2.24) is 15.0 Å². The lowest BCUT2D eigenvalue weighted by Crippen LogP contribution is -1.96. The Labute approximate surface area is 389 Å². The minimum absolute atomic E-state index is 0.686. The van der Waals surface area contributed by atoms with E-state index in [1.165, 1.54) is 0 Å². The van der Waals surface area contributed by atoms with Gasteiger partial charge in [-0.2, -0.15) is 0 Å². The van der Waals surface area contributed by atoms with Crippen LogP contribution in [-0.4, -0.2) is 15.0 Å². The van der Waals surface area contributed by atoms with E-state index in [2.05, 4.69) is 200 Å². The van der Waals surface area contributed by atoms with E-state index in [0.717, 1.165) is 117 Å². The van der Waals surface area contributed by atoms with E-state index in [0.29, 0.717) is 5.82 Å². The predicted octanol–water partition coefficient (Wildman–Crippen LogP) is 16.8. The monoisotopic (exact) mass is 855 g/mol. The van der Waals surface area contributed by atoms with Crippen molar-refractivity contribution in [3.05, 3.63) is 249 Å². The number of nitrogens with zero attached hydrogens (tertiary/aromatic N) is 3. The van der Waals surface area contributed by atoms with Crippen molar-refractivity contribution in [3.63, 3.8) is 0 Å². The Morgan fingerprint density at radius 1 is 0.284 bits per heavy atom. The van der Waals surface area contributed by atoms with E-state index in [9.17, 15) is 0 Å². The van der Waals surface area contributed by atoms with E-state index in [1.807, 2.05) is 48.5 Å². The summed E-state index contributed by atoms with van der Waals surface area (Å²) in [5, 5.41) is 1.94. The highest BCUT2D eigenvalue weighted by Crippen LogP contribution is 2.48. The molecule has 0 saturated carbocycles. The Morgan fingerprint density at radius 2 is 0.716 bits per heavy atom. The molecule has 12 aromatic rings. The zero-order chi connectivity index (χ0) is 44.5. The molecule has 0 atom stereocenters. The van der Waals surface area contributed by atoms with Crippen molar-refractivity contribution >= 4 is 21.9 Å². The van der Waals surface area contributed by atoms with Crippen LogP contribution >= 0.6 is 0 Å². The Morgan fingerprint density at radius 3 is 1.33 bits per heavy atom. The van der Waals surface area contributed by atoms with Crippen LogP contribution in [0.4, 0.5) is 0 Å². The summed E-state index contributed by atoms with van der Waals surface area (Å²) in [6, 6.07) is 86.8. The smallest absolute Gasteiger partial charge is 0.160 e. The number of rotatable bonds is 9. The zero-order valence-corrected chi connectivity index (χ0v) is 36.4. The number of benzene rings is 9. The Bertz CT molecular complexity index is 3600. The highest BCUT2D eigenvalue weighted by Gasteiger charge is 2.25. The first-order valence-electron chi connectivity index (χ1n) is 22.6. The molecule has 0 N–H and O–H groups in total. The number of furan rings is 1. The summed E-state index contributed by atoms with van der Waals surface area (Å²) in [6.07, 6.45) is 0. The molecule has 0 aliphatic heterocycles. The fraction of sp³-hybridized carbons (Fsp3) is 0. The fourth-order valence-corrected chi connectivity index (χ4v) is 9.20. The summed E-state index contributed by atoms with van der Waals surface area (Å²) < 4.78 is 7.36. The third-order valence-electron chi connectivity index (χ3n) is 12.5. The molecule has 0 aliphatic rings. The summed E-state index contributed by atoms with van der Waals surface area (Å²) in [6.45, 7) is 0. The first-order chi connectivity index (χ1) is 33.2. The van der Waals surface area contributed by atoms with Gasteiger partial charge in [-0.3, -0.25) is 0 Å². The maximum atomic E-state index is 7.36. The van der Waals surface area contributed by atoms with Gasteiger partial charge in [0.05, 0.1) is 28.0 Å². The average molecular weight is 856 g/mol. The summed E-state index contributed by atoms with van der Waals surface area (Å²) in [5.41, 5.74) is 17.9. The molecule has 0 aliphatic carbocycles. The molecule has 314 valence electrons. The molecule has 0 fully saturated rings. The summed E-state index contributed by atoms with van der Waals surface area (Å²) in [5.74, 6) is 1.47. The molecule has 12 rings (SSSR count). The van der Waals surface area contributed by atoms with E-state index in [-0.39, 0.29) is 0 Å². The van der Waals surface area contributed by atoms with Gasteiger partial charge in [0.2, 0.25) is 0 Å². The molecule has 4 nitrogen and oxygen atoms in total. The van der Waals surface area contributed by atoms with Gasteiger partial charge in [0.1, 0.15) is 11.3 Å². The van der Waals surface area contributed by atoms with Gasteiger partial charge in [-0.25, -0.2) is 15.0 Å². The lowest BCUT2D eigenvalue weighted by molar-refractivity contribution is 0.636. The second-order valence-electron chi connectivity index (χ2n) is 16.7. The molecule has 0 bridgehead atoms. The van der Waals surface area contributed by atoms with Crippen LogP contribution < -0.4 is 0 Å². The molecule has 3 heterocycles. The number of hydrogen-bond acceptors (Lipinski definition) is 4. The highest BCUT2D eigenvalue weighted by atomic mass is 16.3. The van der Waals surface area contributed by atoms with Crippen molar-refractivity contribution in [2.75, 3.05) is 0 Å². The molecule has 9 aromatic carbocycles. The van der Waals surface area contributed by atoms with E-state index >= 15 is 0 Å². The van der Waals surface area contributed by atoms with E-state index in [1.54, 1.807) is 0 Å². The minimum atomic E-state index is 0.686. The first-order valence-corrected chi connectivity index (χ1v) is 22.6. The van der Waals surface area contributed by atoms with Crippen LogP contribution in [0.1, 0.15) is 0 Å². The lowest BCUT2D eigenvalue weighted by Gasteiger charge is -2.13. The third kappa shape index (κ3) is 7.67. The SMILES string of the molecule is c1ccc(-c2cc(-c3ccccc3)cc(-c3oc4c(c(-c5ccccc5)nc5ccccc54)c3-c3cccc(-c4cccc(-c5cc(-c6ccccc6)nc(-c6ccccc6)n5)c4)c3)c2)cc1. The summed E-state index contributed by atoms with van der Waals surface area (Å²) in [7, 11) is 0. The quantitative estimate of drug-likeness (QED) is 0.145. The number of aromatic nitrogens is 3. The Kier molecular flexibility index (Phi) is 10.2. The minimum Gasteiger partial charge on any atom is -0.455 e. The molecular formula is C63H41N3O. The molecule has 67 heavy (non-hydrogen) atoms. The predicted molar refractivity (Wildman–Crippen MR) is 276 cm³/mol. The topological polar surface area (TPSA) is 51.8 Å². The Hall–Kier alpha value is -8.99. The number of hydrogen-bond donors (Lipinski definition) is 0. The molecule has 0 radical (unpaired) electrons. The number of para-hydroxylation sites is 1. The van der Waals surface area contributed by atoms with Crippen LogP contribution in [0.15, 0.2) is 253 Å². The number of fused-ring (bicyclic) bond motifs is 3. The van der Waals surface area contributed by atoms with Gasteiger partial charge >= 0.3 is 0 Å². The molecule has 0 amide bonds.